The molecule has 1 N–H and O–H groups in total. The molecular formula is C12H14N2O2. The number of aromatic nitrogens is 1. The molecule has 0 aliphatic carbocycles. The molecule has 1 aromatic heterocycles. The maximum Gasteiger partial charge on any atom is 0.216 e. The van der Waals surface area contributed by atoms with Gasteiger partial charge >= 0.3 is 0 Å². The monoisotopic (exact) mass is 218 g/mol. The maximum absolute atomic E-state index is 10.7. The van der Waals surface area contributed by atoms with Gasteiger partial charge in [0.15, 0.2) is 6.29 Å². The summed E-state index contributed by atoms with van der Waals surface area (Å²) in [7, 11) is 0. The summed E-state index contributed by atoms with van der Waals surface area (Å²) in [4.78, 5) is 25.2. The van der Waals surface area contributed by atoms with Crippen LogP contribution >= 0.6 is 0 Å². The van der Waals surface area contributed by atoms with Gasteiger partial charge in [-0.1, -0.05) is 12.2 Å². The Morgan fingerprint density at radius 2 is 2.31 bits per heavy atom. The molecule has 0 saturated heterocycles. The van der Waals surface area contributed by atoms with Crippen LogP contribution in [0.1, 0.15) is 29.3 Å². The van der Waals surface area contributed by atoms with Gasteiger partial charge in [-0.3, -0.25) is 14.6 Å². The third-order valence-electron chi connectivity index (χ3n) is 2.00. The average molecular weight is 218 g/mol. The fourth-order valence-corrected chi connectivity index (χ4v) is 1.21. The predicted octanol–water partition coefficient (Wildman–Crippen LogP) is 1.43. The lowest BCUT2D eigenvalue weighted by atomic mass is 10.1. The molecule has 4 heteroatoms. The summed E-state index contributed by atoms with van der Waals surface area (Å²) in [6, 6.07) is 1.67. The van der Waals surface area contributed by atoms with Crippen molar-refractivity contribution in [2.45, 2.75) is 13.3 Å². The molecule has 1 amide bonds. The summed E-state index contributed by atoms with van der Waals surface area (Å²) in [5.41, 5.74) is 1.41. The normalized spacial score (nSPS) is 10.3. The maximum atomic E-state index is 10.7. The van der Waals surface area contributed by atoms with E-state index in [2.05, 4.69) is 10.3 Å². The molecule has 84 valence electrons. The highest BCUT2D eigenvalue weighted by Gasteiger charge is 1.95. The molecule has 0 radical (unpaired) electrons. The van der Waals surface area contributed by atoms with Crippen molar-refractivity contribution in [3.8, 4) is 0 Å². The zero-order chi connectivity index (χ0) is 11.8. The molecule has 0 fully saturated rings. The van der Waals surface area contributed by atoms with Gasteiger partial charge in [0.2, 0.25) is 5.91 Å². The van der Waals surface area contributed by atoms with Crippen molar-refractivity contribution in [3.63, 3.8) is 0 Å². The number of nitrogens with zero attached hydrogens (tertiary/aromatic N) is 1. The van der Waals surface area contributed by atoms with Gasteiger partial charge in [0.05, 0.1) is 0 Å². The molecule has 0 aliphatic heterocycles. The minimum absolute atomic E-state index is 0.0386. The van der Waals surface area contributed by atoms with Crippen molar-refractivity contribution in [1.82, 2.24) is 10.3 Å². The van der Waals surface area contributed by atoms with Crippen molar-refractivity contribution in [3.05, 3.63) is 35.7 Å². The third-order valence-corrected chi connectivity index (χ3v) is 2.00. The summed E-state index contributed by atoms with van der Waals surface area (Å²) in [5, 5.41) is 2.69. The first-order valence-electron chi connectivity index (χ1n) is 5.04. The van der Waals surface area contributed by atoms with Gasteiger partial charge in [-0.2, -0.15) is 0 Å². The molecule has 0 unspecified atom stereocenters. The van der Waals surface area contributed by atoms with Crippen LogP contribution in [-0.2, 0) is 4.79 Å². The number of hydrogen-bond acceptors (Lipinski definition) is 3. The molecule has 0 spiro atoms. The van der Waals surface area contributed by atoms with Crippen LogP contribution in [0.5, 0.6) is 0 Å². The fourth-order valence-electron chi connectivity index (χ4n) is 1.21. The van der Waals surface area contributed by atoms with E-state index in [1.807, 2.05) is 12.2 Å². The lowest BCUT2D eigenvalue weighted by Crippen LogP contribution is -2.20. The van der Waals surface area contributed by atoms with E-state index in [1.54, 1.807) is 18.5 Å². The number of carbonyl (C=O) groups is 2. The molecule has 1 aromatic rings. The highest BCUT2D eigenvalue weighted by atomic mass is 16.1. The number of hydrogen-bond donors (Lipinski definition) is 1. The molecule has 0 aromatic carbocycles. The molecular weight excluding hydrogens is 204 g/mol. The highest BCUT2D eigenvalue weighted by molar-refractivity contribution is 5.81. The number of amides is 1. The smallest absolute Gasteiger partial charge is 0.216 e. The van der Waals surface area contributed by atoms with Crippen molar-refractivity contribution in [1.29, 1.82) is 0 Å². The van der Waals surface area contributed by atoms with E-state index >= 15 is 0 Å². The third kappa shape index (κ3) is 4.04. The topological polar surface area (TPSA) is 59.1 Å². The Kier molecular flexibility index (Phi) is 4.92. The molecule has 16 heavy (non-hydrogen) atoms. The van der Waals surface area contributed by atoms with Crippen LogP contribution < -0.4 is 5.32 Å². The summed E-state index contributed by atoms with van der Waals surface area (Å²) < 4.78 is 0. The van der Waals surface area contributed by atoms with Gasteiger partial charge in [0.25, 0.3) is 0 Å². The zero-order valence-electron chi connectivity index (χ0n) is 9.14. The Balaban J connectivity index is 2.49. The van der Waals surface area contributed by atoms with Gasteiger partial charge in [0.1, 0.15) is 0 Å². The van der Waals surface area contributed by atoms with Crippen LogP contribution in [0, 0.1) is 0 Å². The van der Waals surface area contributed by atoms with E-state index in [0.717, 1.165) is 18.3 Å². The molecule has 1 heterocycles. The second-order valence-electron chi connectivity index (χ2n) is 3.30. The molecule has 0 atom stereocenters. The molecule has 4 nitrogen and oxygen atoms in total. The number of carbonyl (C=O) groups excluding carboxylic acids is 2. The van der Waals surface area contributed by atoms with Crippen LogP contribution in [-0.4, -0.2) is 23.7 Å². The summed E-state index contributed by atoms with van der Waals surface area (Å²) >= 11 is 0. The Morgan fingerprint density at radius 1 is 1.50 bits per heavy atom. The molecule has 0 aliphatic rings. The lowest BCUT2D eigenvalue weighted by molar-refractivity contribution is -0.118. The van der Waals surface area contributed by atoms with Gasteiger partial charge in [-0.25, -0.2) is 0 Å². The van der Waals surface area contributed by atoms with E-state index in [-0.39, 0.29) is 5.91 Å². The Labute approximate surface area is 94.4 Å². The first-order chi connectivity index (χ1) is 7.74. The van der Waals surface area contributed by atoms with E-state index in [9.17, 15) is 9.59 Å². The number of nitrogens with one attached hydrogen (secondary N) is 1. The first kappa shape index (κ1) is 12.1. The Morgan fingerprint density at radius 3 is 3.00 bits per heavy atom. The zero-order valence-corrected chi connectivity index (χ0v) is 9.14. The van der Waals surface area contributed by atoms with Crippen molar-refractivity contribution >= 4 is 18.3 Å². The first-order valence-corrected chi connectivity index (χ1v) is 5.04. The Hall–Kier alpha value is -1.97. The van der Waals surface area contributed by atoms with Crippen molar-refractivity contribution < 1.29 is 9.59 Å². The molecule has 0 saturated carbocycles. The van der Waals surface area contributed by atoms with Gasteiger partial charge < -0.3 is 5.32 Å². The van der Waals surface area contributed by atoms with Crippen LogP contribution in [0.4, 0.5) is 0 Å². The predicted molar refractivity (Wildman–Crippen MR) is 62.0 cm³/mol. The second-order valence-corrected chi connectivity index (χ2v) is 3.30. The largest absolute Gasteiger partial charge is 0.356 e. The van der Waals surface area contributed by atoms with E-state index in [0.29, 0.717) is 12.1 Å². The average Bonchev–Trinajstić information content (AvgIpc) is 2.29. The number of pyridine rings is 1. The van der Waals surface area contributed by atoms with E-state index in [1.165, 1.54) is 6.92 Å². The van der Waals surface area contributed by atoms with Crippen LogP contribution in [0.3, 0.4) is 0 Å². The summed E-state index contributed by atoms with van der Waals surface area (Å²) in [6.07, 6.45) is 8.48. The minimum Gasteiger partial charge on any atom is -0.356 e. The molecule has 1 rings (SSSR count). The summed E-state index contributed by atoms with van der Waals surface area (Å²) in [5.74, 6) is -0.0386. The quantitative estimate of drug-likeness (QED) is 0.601. The standard InChI is InChI=1S/C12H14N2O2/c1-10(16)14-6-3-2-4-11-8-13-7-5-12(11)9-15/h2,4-5,7-9H,3,6H2,1H3,(H,14,16). The molecule has 0 bridgehead atoms. The number of aldehydes is 1. The minimum atomic E-state index is -0.0386. The fraction of sp³-hybridized carbons (Fsp3) is 0.250. The second kappa shape index (κ2) is 6.50. The van der Waals surface area contributed by atoms with Crippen molar-refractivity contribution in [2.24, 2.45) is 0 Å². The van der Waals surface area contributed by atoms with Gasteiger partial charge in [0, 0.05) is 37.0 Å². The lowest BCUT2D eigenvalue weighted by Gasteiger charge is -1.98. The highest BCUT2D eigenvalue weighted by Crippen LogP contribution is 2.06. The van der Waals surface area contributed by atoms with Gasteiger partial charge in [-0.05, 0) is 12.5 Å². The van der Waals surface area contributed by atoms with E-state index in [4.69, 9.17) is 0 Å². The van der Waals surface area contributed by atoms with E-state index < -0.39 is 0 Å². The summed E-state index contributed by atoms with van der Waals surface area (Å²) in [6.45, 7) is 2.08. The van der Waals surface area contributed by atoms with Gasteiger partial charge in [-0.15, -0.1) is 0 Å². The Bertz CT molecular complexity index is 400. The van der Waals surface area contributed by atoms with Crippen LogP contribution in [0.25, 0.3) is 6.08 Å². The number of rotatable bonds is 5. The van der Waals surface area contributed by atoms with Crippen molar-refractivity contribution in [2.75, 3.05) is 6.54 Å². The van der Waals surface area contributed by atoms with Crippen LogP contribution in [0.15, 0.2) is 24.5 Å². The van der Waals surface area contributed by atoms with Crippen LogP contribution in [0.2, 0.25) is 0 Å². The SMILES string of the molecule is CC(=O)NCCC=Cc1cnccc1C=O.